The zero-order chi connectivity index (χ0) is 20.4. The lowest BCUT2D eigenvalue weighted by atomic mass is 9.98. The van der Waals surface area contributed by atoms with E-state index in [9.17, 15) is 8.42 Å². The average Bonchev–Trinajstić information content (AvgIpc) is 2.73. The van der Waals surface area contributed by atoms with Crippen LogP contribution in [0.15, 0.2) is 89.8 Å². The molecule has 1 N–H and O–H groups in total. The van der Waals surface area contributed by atoms with Crippen molar-refractivity contribution in [2.45, 2.75) is 10.9 Å². The van der Waals surface area contributed by atoms with E-state index in [2.05, 4.69) is 29.0 Å². The molecular formula is C24H24N2O2S. The molecule has 0 aromatic heterocycles. The van der Waals surface area contributed by atoms with Crippen LogP contribution in [0, 0.1) is 0 Å². The fourth-order valence-electron chi connectivity index (χ4n) is 3.72. The van der Waals surface area contributed by atoms with E-state index in [1.807, 2.05) is 67.5 Å². The molecule has 0 aliphatic rings. The molecule has 0 bridgehead atoms. The number of nitrogens with one attached hydrogen (secondary N) is 1. The normalized spacial score (nSPS) is 13.2. The van der Waals surface area contributed by atoms with Gasteiger partial charge in [0.05, 0.1) is 4.90 Å². The number of rotatable bonds is 6. The monoisotopic (exact) mass is 404 g/mol. The van der Waals surface area contributed by atoms with Crippen LogP contribution in [0.3, 0.4) is 0 Å². The number of likely N-dealkylation sites (N-methyl/N-ethyl adjacent to an activating group) is 1. The Labute approximate surface area is 171 Å². The minimum atomic E-state index is -3.62. The van der Waals surface area contributed by atoms with E-state index >= 15 is 0 Å². The summed E-state index contributed by atoms with van der Waals surface area (Å²) in [4.78, 5) is 2.33. The molecule has 4 rings (SSSR count). The number of sulfonamides is 1. The molecule has 0 saturated carbocycles. The molecule has 0 radical (unpaired) electrons. The molecule has 1 atom stereocenters. The quantitative estimate of drug-likeness (QED) is 0.512. The smallest absolute Gasteiger partial charge is 0.240 e. The van der Waals surface area contributed by atoms with Crippen LogP contribution in [0.25, 0.3) is 21.5 Å². The Kier molecular flexibility index (Phi) is 5.37. The van der Waals surface area contributed by atoms with Gasteiger partial charge in [-0.15, -0.1) is 0 Å². The fraction of sp³-hybridized carbons (Fsp3) is 0.167. The number of hydrogen-bond donors (Lipinski definition) is 1. The highest BCUT2D eigenvalue weighted by atomic mass is 32.2. The van der Waals surface area contributed by atoms with Gasteiger partial charge in [-0.1, -0.05) is 72.8 Å². The molecule has 0 unspecified atom stereocenters. The first-order chi connectivity index (χ1) is 14.0. The molecule has 0 fully saturated rings. The molecule has 29 heavy (non-hydrogen) atoms. The van der Waals surface area contributed by atoms with Crippen LogP contribution in [0.5, 0.6) is 0 Å². The predicted molar refractivity (Wildman–Crippen MR) is 120 cm³/mol. The van der Waals surface area contributed by atoms with Gasteiger partial charge in [-0.2, -0.15) is 0 Å². The third-order valence-electron chi connectivity index (χ3n) is 5.30. The summed E-state index contributed by atoms with van der Waals surface area (Å²) in [6.45, 7) is 0.288. The summed E-state index contributed by atoms with van der Waals surface area (Å²) < 4.78 is 28.8. The van der Waals surface area contributed by atoms with Crippen molar-refractivity contribution in [2.75, 3.05) is 20.6 Å². The Balaban J connectivity index is 1.63. The maximum atomic E-state index is 13.0. The van der Waals surface area contributed by atoms with E-state index in [0.717, 1.165) is 27.1 Å². The van der Waals surface area contributed by atoms with Gasteiger partial charge in [-0.25, -0.2) is 13.1 Å². The van der Waals surface area contributed by atoms with Crippen LogP contribution in [0.4, 0.5) is 0 Å². The molecule has 0 amide bonds. The van der Waals surface area contributed by atoms with Crippen LogP contribution in [0.1, 0.15) is 11.6 Å². The van der Waals surface area contributed by atoms with Crippen molar-refractivity contribution in [3.05, 3.63) is 90.5 Å². The molecule has 4 nitrogen and oxygen atoms in total. The number of fused-ring (bicyclic) bond motifs is 2. The lowest BCUT2D eigenvalue weighted by Crippen LogP contribution is -2.34. The van der Waals surface area contributed by atoms with Crippen molar-refractivity contribution in [3.8, 4) is 0 Å². The number of benzene rings is 4. The Bertz CT molecular complexity index is 1260. The maximum Gasteiger partial charge on any atom is 0.240 e. The van der Waals surface area contributed by atoms with Gasteiger partial charge in [-0.3, -0.25) is 0 Å². The molecular weight excluding hydrogens is 380 g/mol. The van der Waals surface area contributed by atoms with Crippen molar-refractivity contribution in [1.29, 1.82) is 0 Å². The molecule has 0 aliphatic carbocycles. The van der Waals surface area contributed by atoms with Gasteiger partial charge in [0.2, 0.25) is 10.0 Å². The molecule has 0 saturated heterocycles. The highest BCUT2D eigenvalue weighted by Crippen LogP contribution is 2.27. The topological polar surface area (TPSA) is 49.4 Å². The van der Waals surface area contributed by atoms with Crippen LogP contribution < -0.4 is 4.72 Å². The molecule has 4 aromatic carbocycles. The van der Waals surface area contributed by atoms with Gasteiger partial charge in [-0.05, 0) is 53.3 Å². The van der Waals surface area contributed by atoms with E-state index in [4.69, 9.17) is 0 Å². The summed E-state index contributed by atoms with van der Waals surface area (Å²) in [7, 11) is 0.320. The third kappa shape index (κ3) is 4.03. The maximum absolute atomic E-state index is 13.0. The van der Waals surface area contributed by atoms with E-state index in [1.165, 1.54) is 0 Å². The van der Waals surface area contributed by atoms with Crippen molar-refractivity contribution in [2.24, 2.45) is 0 Å². The Morgan fingerprint density at radius 1 is 0.793 bits per heavy atom. The van der Waals surface area contributed by atoms with E-state index in [0.29, 0.717) is 0 Å². The number of hydrogen-bond acceptors (Lipinski definition) is 3. The second-order valence-corrected chi connectivity index (χ2v) is 9.18. The Hall–Kier alpha value is -2.73. The van der Waals surface area contributed by atoms with Crippen LogP contribution in [-0.2, 0) is 10.0 Å². The first-order valence-corrected chi connectivity index (χ1v) is 11.1. The van der Waals surface area contributed by atoms with Crippen molar-refractivity contribution in [3.63, 3.8) is 0 Å². The largest absolute Gasteiger partial charge is 0.301 e. The summed E-state index contributed by atoms with van der Waals surface area (Å²) in [5, 5.41) is 4.22. The zero-order valence-corrected chi connectivity index (χ0v) is 17.4. The molecule has 0 spiro atoms. The second kappa shape index (κ2) is 7.95. The standard InChI is InChI=1S/C24H24N2O2S/c1-26(2)24(23-13-7-11-19-9-5-6-12-22(19)23)17-25-29(27,28)21-15-14-18-8-3-4-10-20(18)16-21/h3-16,24-25H,17H2,1-2H3/t24-/m0/s1. The lowest BCUT2D eigenvalue weighted by Gasteiger charge is -2.26. The van der Waals surface area contributed by atoms with Crippen molar-refractivity contribution in [1.82, 2.24) is 9.62 Å². The van der Waals surface area contributed by atoms with E-state index < -0.39 is 10.0 Å². The van der Waals surface area contributed by atoms with Crippen molar-refractivity contribution >= 4 is 31.6 Å². The van der Waals surface area contributed by atoms with Gasteiger partial charge in [0.25, 0.3) is 0 Å². The lowest BCUT2D eigenvalue weighted by molar-refractivity contribution is 0.301. The summed E-state index contributed by atoms with van der Waals surface area (Å²) in [5.74, 6) is 0. The summed E-state index contributed by atoms with van der Waals surface area (Å²) in [6.07, 6.45) is 0. The Morgan fingerprint density at radius 3 is 2.21 bits per heavy atom. The van der Waals surface area contributed by atoms with Crippen molar-refractivity contribution < 1.29 is 8.42 Å². The average molecular weight is 405 g/mol. The SMILES string of the molecule is CN(C)[C@@H](CNS(=O)(=O)c1ccc2ccccc2c1)c1cccc2ccccc12. The fourth-order valence-corrected chi connectivity index (χ4v) is 4.79. The summed E-state index contributed by atoms with van der Waals surface area (Å²) in [6, 6.07) is 27.2. The van der Waals surface area contributed by atoms with Gasteiger partial charge in [0, 0.05) is 12.6 Å². The Morgan fingerprint density at radius 2 is 1.45 bits per heavy atom. The molecule has 5 heteroatoms. The highest BCUT2D eigenvalue weighted by Gasteiger charge is 2.21. The van der Waals surface area contributed by atoms with Gasteiger partial charge >= 0.3 is 0 Å². The second-order valence-electron chi connectivity index (χ2n) is 7.41. The van der Waals surface area contributed by atoms with Crippen LogP contribution >= 0.6 is 0 Å². The first kappa shape index (κ1) is 19.6. The highest BCUT2D eigenvalue weighted by molar-refractivity contribution is 7.89. The molecule has 4 aromatic rings. The van der Waals surface area contributed by atoms with Crippen LogP contribution in [0.2, 0.25) is 0 Å². The minimum absolute atomic E-state index is 0.0867. The van der Waals surface area contributed by atoms with Gasteiger partial charge in [0.15, 0.2) is 0 Å². The third-order valence-corrected chi connectivity index (χ3v) is 6.72. The molecule has 0 heterocycles. The van der Waals surface area contributed by atoms with Crippen LogP contribution in [-0.4, -0.2) is 34.0 Å². The van der Waals surface area contributed by atoms with E-state index in [-0.39, 0.29) is 17.5 Å². The minimum Gasteiger partial charge on any atom is -0.301 e. The molecule has 0 aliphatic heterocycles. The summed E-state index contributed by atoms with van der Waals surface area (Å²) in [5.41, 5.74) is 1.11. The zero-order valence-electron chi connectivity index (χ0n) is 16.5. The summed E-state index contributed by atoms with van der Waals surface area (Å²) >= 11 is 0. The first-order valence-electron chi connectivity index (χ1n) is 9.58. The van der Waals surface area contributed by atoms with E-state index in [1.54, 1.807) is 12.1 Å². The van der Waals surface area contributed by atoms with Gasteiger partial charge < -0.3 is 4.90 Å². The predicted octanol–water partition coefficient (Wildman–Crippen LogP) is 4.57. The number of nitrogens with zero attached hydrogens (tertiary/aromatic N) is 1. The molecule has 148 valence electrons. The van der Waals surface area contributed by atoms with Gasteiger partial charge in [0.1, 0.15) is 0 Å².